The van der Waals surface area contributed by atoms with Gasteiger partial charge in [-0.05, 0) is 20.9 Å². The molecule has 7 heteroatoms. The number of aromatic nitrogens is 2. The predicted octanol–water partition coefficient (Wildman–Crippen LogP) is -0.460. The van der Waals surface area contributed by atoms with Gasteiger partial charge in [0.05, 0.1) is 23.6 Å². The number of amides is 1. The van der Waals surface area contributed by atoms with Crippen LogP contribution in [0.4, 0.5) is 5.69 Å². The van der Waals surface area contributed by atoms with Gasteiger partial charge in [-0.3, -0.25) is 14.8 Å². The average Bonchev–Trinajstić information content (AvgIpc) is 2.72. The van der Waals surface area contributed by atoms with Crippen molar-refractivity contribution in [3.8, 4) is 0 Å². The van der Waals surface area contributed by atoms with E-state index in [0.29, 0.717) is 13.1 Å². The maximum atomic E-state index is 12.2. The van der Waals surface area contributed by atoms with Crippen molar-refractivity contribution >= 4 is 11.6 Å². The number of anilines is 1. The second kappa shape index (κ2) is 6.34. The van der Waals surface area contributed by atoms with Gasteiger partial charge >= 0.3 is 0 Å². The van der Waals surface area contributed by atoms with Gasteiger partial charge < -0.3 is 16.0 Å². The second-order valence-corrected chi connectivity index (χ2v) is 5.48. The van der Waals surface area contributed by atoms with Crippen LogP contribution in [0.1, 0.15) is 11.4 Å². The summed E-state index contributed by atoms with van der Waals surface area (Å²) < 4.78 is 0. The highest BCUT2D eigenvalue weighted by molar-refractivity contribution is 5.93. The summed E-state index contributed by atoms with van der Waals surface area (Å²) in [6.07, 6.45) is 0. The molecule has 1 aromatic rings. The van der Waals surface area contributed by atoms with Gasteiger partial charge in [0.15, 0.2) is 0 Å². The molecule has 112 valence electrons. The molecule has 1 saturated heterocycles. The molecule has 0 aliphatic carbocycles. The third kappa shape index (κ3) is 3.36. The Morgan fingerprint density at radius 2 is 2.25 bits per heavy atom. The Kier molecular flexibility index (Phi) is 4.74. The SMILES string of the molecule is Cc1n[nH]c(C)c1NC(=O)CN1CCN(C)CC1CN. The molecule has 1 aromatic heterocycles. The highest BCUT2D eigenvalue weighted by Gasteiger charge is 2.26. The van der Waals surface area contributed by atoms with Gasteiger partial charge in [-0.25, -0.2) is 0 Å². The smallest absolute Gasteiger partial charge is 0.238 e. The van der Waals surface area contributed by atoms with Crippen molar-refractivity contribution in [2.75, 3.05) is 45.1 Å². The molecular weight excluding hydrogens is 256 g/mol. The van der Waals surface area contributed by atoms with E-state index in [-0.39, 0.29) is 11.9 Å². The number of aromatic amines is 1. The minimum absolute atomic E-state index is 0.0133. The lowest BCUT2D eigenvalue weighted by atomic mass is 10.1. The molecule has 4 N–H and O–H groups in total. The highest BCUT2D eigenvalue weighted by atomic mass is 16.2. The Morgan fingerprint density at radius 1 is 1.50 bits per heavy atom. The van der Waals surface area contributed by atoms with Crippen molar-refractivity contribution in [2.24, 2.45) is 5.73 Å². The molecule has 7 nitrogen and oxygen atoms in total. The van der Waals surface area contributed by atoms with Crippen molar-refractivity contribution in [3.63, 3.8) is 0 Å². The molecule has 2 heterocycles. The topological polar surface area (TPSA) is 90.3 Å². The summed E-state index contributed by atoms with van der Waals surface area (Å²) in [6.45, 7) is 7.46. The number of rotatable bonds is 4. The maximum Gasteiger partial charge on any atom is 0.238 e. The summed E-state index contributed by atoms with van der Waals surface area (Å²) in [7, 11) is 2.08. The van der Waals surface area contributed by atoms with Gasteiger partial charge in [-0.15, -0.1) is 0 Å². The van der Waals surface area contributed by atoms with E-state index in [1.807, 2.05) is 13.8 Å². The monoisotopic (exact) mass is 280 g/mol. The molecule has 0 radical (unpaired) electrons. The van der Waals surface area contributed by atoms with Gasteiger partial charge in [0.2, 0.25) is 5.91 Å². The van der Waals surface area contributed by atoms with Crippen LogP contribution in [0.2, 0.25) is 0 Å². The number of carbonyl (C=O) groups is 1. The van der Waals surface area contributed by atoms with Gasteiger partial charge in [0.25, 0.3) is 0 Å². The van der Waals surface area contributed by atoms with E-state index in [0.717, 1.165) is 36.7 Å². The fraction of sp³-hybridized carbons (Fsp3) is 0.692. The van der Waals surface area contributed by atoms with E-state index in [2.05, 4.69) is 32.4 Å². The third-order valence-corrected chi connectivity index (χ3v) is 3.82. The number of hydrogen-bond donors (Lipinski definition) is 3. The summed E-state index contributed by atoms with van der Waals surface area (Å²) in [5.41, 5.74) is 8.28. The number of piperazine rings is 1. The zero-order chi connectivity index (χ0) is 14.7. The molecule has 1 fully saturated rings. The molecule has 0 spiro atoms. The zero-order valence-corrected chi connectivity index (χ0v) is 12.4. The molecule has 2 rings (SSSR count). The van der Waals surface area contributed by atoms with E-state index < -0.39 is 0 Å². The first-order valence-electron chi connectivity index (χ1n) is 6.95. The molecule has 1 amide bonds. The van der Waals surface area contributed by atoms with Crippen LogP contribution in [0.3, 0.4) is 0 Å². The Bertz CT molecular complexity index is 452. The van der Waals surface area contributed by atoms with E-state index in [1.54, 1.807) is 0 Å². The molecule has 0 aromatic carbocycles. The molecule has 1 unspecified atom stereocenters. The number of nitrogens with one attached hydrogen (secondary N) is 2. The predicted molar refractivity (Wildman–Crippen MR) is 78.6 cm³/mol. The van der Waals surface area contributed by atoms with Crippen LogP contribution >= 0.6 is 0 Å². The van der Waals surface area contributed by atoms with Crippen LogP contribution in [-0.2, 0) is 4.79 Å². The van der Waals surface area contributed by atoms with Crippen molar-refractivity contribution < 1.29 is 4.79 Å². The number of nitrogens with zero attached hydrogens (tertiary/aromatic N) is 3. The summed E-state index contributed by atoms with van der Waals surface area (Å²) >= 11 is 0. The molecule has 0 bridgehead atoms. The van der Waals surface area contributed by atoms with Gasteiger partial charge in [0.1, 0.15) is 0 Å². The first-order valence-corrected chi connectivity index (χ1v) is 6.95. The average molecular weight is 280 g/mol. The normalized spacial score (nSPS) is 21.1. The lowest BCUT2D eigenvalue weighted by Gasteiger charge is -2.39. The van der Waals surface area contributed by atoms with E-state index in [4.69, 9.17) is 5.73 Å². The lowest BCUT2D eigenvalue weighted by molar-refractivity contribution is -0.118. The molecule has 1 aliphatic heterocycles. The highest BCUT2D eigenvalue weighted by Crippen LogP contribution is 2.16. The summed E-state index contributed by atoms with van der Waals surface area (Å²) in [5, 5.41) is 9.88. The van der Waals surface area contributed by atoms with Crippen molar-refractivity contribution in [1.82, 2.24) is 20.0 Å². The molecule has 1 aliphatic rings. The molecular formula is C13H24N6O. The fourth-order valence-electron chi connectivity index (χ4n) is 2.58. The quantitative estimate of drug-likeness (QED) is 0.694. The van der Waals surface area contributed by atoms with Crippen LogP contribution in [0.5, 0.6) is 0 Å². The van der Waals surface area contributed by atoms with E-state index in [9.17, 15) is 4.79 Å². The number of hydrogen-bond acceptors (Lipinski definition) is 5. The van der Waals surface area contributed by atoms with Crippen LogP contribution < -0.4 is 11.1 Å². The number of nitrogens with two attached hydrogens (primary N) is 1. The minimum atomic E-state index is -0.0133. The first-order chi connectivity index (χ1) is 9.51. The van der Waals surface area contributed by atoms with E-state index in [1.165, 1.54) is 0 Å². The van der Waals surface area contributed by atoms with Gasteiger partial charge in [-0.1, -0.05) is 0 Å². The Morgan fingerprint density at radius 3 is 2.85 bits per heavy atom. The number of H-pyrrole nitrogens is 1. The zero-order valence-electron chi connectivity index (χ0n) is 12.4. The summed E-state index contributed by atoms with van der Waals surface area (Å²) in [5.74, 6) is -0.0133. The largest absolute Gasteiger partial charge is 0.329 e. The lowest BCUT2D eigenvalue weighted by Crippen LogP contribution is -2.56. The number of likely N-dealkylation sites (N-methyl/N-ethyl adjacent to an activating group) is 1. The Balaban J connectivity index is 1.94. The van der Waals surface area contributed by atoms with Crippen LogP contribution in [0.15, 0.2) is 0 Å². The Hall–Kier alpha value is -1.44. The van der Waals surface area contributed by atoms with Gasteiger partial charge in [-0.2, -0.15) is 5.10 Å². The van der Waals surface area contributed by atoms with Crippen LogP contribution in [0, 0.1) is 13.8 Å². The third-order valence-electron chi connectivity index (χ3n) is 3.82. The number of aryl methyl sites for hydroxylation is 2. The van der Waals surface area contributed by atoms with Crippen molar-refractivity contribution in [1.29, 1.82) is 0 Å². The Labute approximate surface area is 119 Å². The summed E-state index contributed by atoms with van der Waals surface area (Å²) in [4.78, 5) is 16.6. The second-order valence-electron chi connectivity index (χ2n) is 5.48. The fourth-order valence-corrected chi connectivity index (χ4v) is 2.58. The molecule has 1 atom stereocenters. The first kappa shape index (κ1) is 15.0. The van der Waals surface area contributed by atoms with E-state index >= 15 is 0 Å². The minimum Gasteiger partial charge on any atom is -0.329 e. The standard InChI is InChI=1S/C13H24N6O/c1-9-13(10(2)17-16-9)15-12(20)8-19-5-4-18(3)7-11(19)6-14/h11H,4-8,14H2,1-3H3,(H,15,20)(H,16,17). The van der Waals surface area contributed by atoms with Crippen molar-refractivity contribution in [2.45, 2.75) is 19.9 Å². The molecule has 20 heavy (non-hydrogen) atoms. The van der Waals surface area contributed by atoms with Gasteiger partial charge in [0, 0.05) is 32.2 Å². The van der Waals surface area contributed by atoms with Crippen LogP contribution in [-0.4, -0.2) is 71.7 Å². The maximum absolute atomic E-state index is 12.2. The number of carbonyl (C=O) groups excluding carboxylic acids is 1. The van der Waals surface area contributed by atoms with Crippen molar-refractivity contribution in [3.05, 3.63) is 11.4 Å². The summed E-state index contributed by atoms with van der Waals surface area (Å²) in [6, 6.07) is 0.242. The molecule has 0 saturated carbocycles. The van der Waals surface area contributed by atoms with Crippen LogP contribution in [0.25, 0.3) is 0 Å².